The summed E-state index contributed by atoms with van der Waals surface area (Å²) in [6, 6.07) is 0. The van der Waals surface area contributed by atoms with E-state index < -0.39 is 34.4 Å². The summed E-state index contributed by atoms with van der Waals surface area (Å²) in [5.41, 5.74) is -1.26. The van der Waals surface area contributed by atoms with Gasteiger partial charge in [0.1, 0.15) is 0 Å². The van der Waals surface area contributed by atoms with Crippen LogP contribution in [0, 0.1) is 37.1 Å². The highest BCUT2D eigenvalue weighted by Crippen LogP contribution is 2.22. The zero-order chi connectivity index (χ0) is 14.2. The largest absolute Gasteiger partial charge is 0.203 e. The van der Waals surface area contributed by atoms with Gasteiger partial charge in [-0.05, 0) is 19.6 Å². The van der Waals surface area contributed by atoms with Crippen LogP contribution in [0.5, 0.6) is 0 Å². The Labute approximate surface area is 105 Å². The fourth-order valence-electron chi connectivity index (χ4n) is 0.851. The van der Waals surface area contributed by atoms with Crippen molar-refractivity contribution < 1.29 is 17.6 Å². The van der Waals surface area contributed by atoms with E-state index in [9.17, 15) is 17.6 Å². The monoisotopic (exact) mass is 270 g/mol. The van der Waals surface area contributed by atoms with Crippen molar-refractivity contribution in [3.8, 4) is 0 Å². The van der Waals surface area contributed by atoms with Crippen molar-refractivity contribution in [3.05, 3.63) is 34.4 Å². The highest BCUT2D eigenvalue weighted by Gasteiger charge is 2.19. The van der Waals surface area contributed by atoms with Gasteiger partial charge in [-0.25, -0.2) is 17.6 Å². The molecule has 1 aromatic rings. The molecule has 5 heteroatoms. The number of hydrogen-bond acceptors (Lipinski definition) is 1. The lowest BCUT2D eigenvalue weighted by Gasteiger charge is -2.04. The summed E-state index contributed by atoms with van der Waals surface area (Å²) in [4.78, 5) is 0. The summed E-state index contributed by atoms with van der Waals surface area (Å²) >= 11 is 3.79. The van der Waals surface area contributed by atoms with Crippen LogP contribution in [0.1, 0.15) is 31.9 Å². The minimum atomic E-state index is -1.33. The molecule has 17 heavy (non-hydrogen) atoms. The molecule has 0 atom stereocenters. The summed E-state index contributed by atoms with van der Waals surface area (Å²) in [5.74, 6) is -4.37. The molecule has 0 nitrogen and oxygen atoms in total. The summed E-state index contributed by atoms with van der Waals surface area (Å²) in [6.07, 6.45) is 0. The third-order valence-electron chi connectivity index (χ3n) is 1.70. The van der Waals surface area contributed by atoms with Crippen molar-refractivity contribution in [2.75, 3.05) is 5.75 Å². The summed E-state index contributed by atoms with van der Waals surface area (Å²) < 4.78 is 50.6. The smallest absolute Gasteiger partial charge is 0.165 e. The summed E-state index contributed by atoms with van der Waals surface area (Å²) in [7, 11) is 0. The van der Waals surface area contributed by atoms with Gasteiger partial charge in [-0.15, -0.1) is 0 Å². The molecule has 0 aliphatic rings. The molecule has 0 heterocycles. The van der Waals surface area contributed by atoms with E-state index in [4.69, 9.17) is 0 Å². The van der Waals surface area contributed by atoms with Gasteiger partial charge in [-0.3, -0.25) is 0 Å². The van der Waals surface area contributed by atoms with Crippen LogP contribution in [0.2, 0.25) is 0 Å². The number of benzene rings is 1. The minimum Gasteiger partial charge on any atom is -0.203 e. The quantitative estimate of drug-likeness (QED) is 0.390. The molecule has 0 spiro atoms. The van der Waals surface area contributed by atoms with Crippen molar-refractivity contribution in [2.45, 2.75) is 34.6 Å². The van der Waals surface area contributed by atoms with Gasteiger partial charge in [0.25, 0.3) is 0 Å². The fraction of sp³-hybridized carbons (Fsp3) is 0.500. The fourth-order valence-corrected chi connectivity index (χ4v) is 0.851. The molecule has 0 N–H and O–H groups in total. The average molecular weight is 270 g/mol. The molecule has 1 rings (SSSR count). The Bertz CT molecular complexity index is 246. The van der Waals surface area contributed by atoms with Crippen molar-refractivity contribution in [2.24, 2.45) is 0 Å². The number of hydrogen-bond donors (Lipinski definition) is 1. The van der Waals surface area contributed by atoms with E-state index in [2.05, 4.69) is 12.6 Å². The Balaban J connectivity index is 0. The van der Waals surface area contributed by atoms with Crippen LogP contribution in [0.25, 0.3) is 0 Å². The maximum Gasteiger partial charge on any atom is 0.165 e. The van der Waals surface area contributed by atoms with Crippen molar-refractivity contribution in [1.82, 2.24) is 0 Å². The Morgan fingerprint density at radius 1 is 0.765 bits per heavy atom. The van der Waals surface area contributed by atoms with Crippen molar-refractivity contribution >= 4 is 12.6 Å². The second-order valence-electron chi connectivity index (χ2n) is 2.82. The first-order chi connectivity index (χ1) is 7.88. The maximum absolute atomic E-state index is 12.7. The van der Waals surface area contributed by atoms with Gasteiger partial charge in [0.2, 0.25) is 0 Å². The molecular weight excluding hydrogens is 252 g/mol. The third-order valence-corrected chi connectivity index (χ3v) is 1.70. The normalized spacial score (nSPS) is 8.82. The lowest BCUT2D eigenvalue weighted by molar-refractivity contribution is 0.436. The van der Waals surface area contributed by atoms with E-state index in [0.717, 1.165) is 19.6 Å². The lowest BCUT2D eigenvalue weighted by atomic mass is 10.1. The Morgan fingerprint density at radius 2 is 0.882 bits per heavy atom. The molecule has 0 aromatic heterocycles. The van der Waals surface area contributed by atoms with E-state index in [1.165, 1.54) is 0 Å². The van der Waals surface area contributed by atoms with E-state index in [-0.39, 0.29) is 0 Å². The van der Waals surface area contributed by atoms with Gasteiger partial charge in [0.05, 0.1) is 0 Å². The van der Waals surface area contributed by atoms with Gasteiger partial charge in [-0.2, -0.15) is 12.6 Å². The Kier molecular flexibility index (Phi) is 10.2. The van der Waals surface area contributed by atoms with E-state index in [1.54, 1.807) is 0 Å². The van der Waals surface area contributed by atoms with Crippen LogP contribution in [-0.2, 0) is 0 Å². The maximum atomic E-state index is 12.7. The standard InChI is InChI=1S/C8H6F4.C2H6S.C2H6/c1-3-5(9)7(11)4(2)8(12)6(3)10;1-2-3;1-2/h1-2H3;3H,2H2,1H3;1-2H3. The zero-order valence-corrected chi connectivity index (χ0v) is 11.6. The average Bonchev–Trinajstić information content (AvgIpc) is 2.35. The molecular formula is C12H18F4S. The van der Waals surface area contributed by atoms with Gasteiger partial charge < -0.3 is 0 Å². The molecule has 0 saturated heterocycles. The summed E-state index contributed by atoms with van der Waals surface area (Å²) in [5, 5.41) is 0. The molecule has 0 saturated carbocycles. The van der Waals surface area contributed by atoms with Crippen LogP contribution in [0.15, 0.2) is 0 Å². The van der Waals surface area contributed by atoms with Crippen LogP contribution < -0.4 is 0 Å². The first-order valence-electron chi connectivity index (χ1n) is 5.28. The van der Waals surface area contributed by atoms with Gasteiger partial charge in [-0.1, -0.05) is 20.8 Å². The van der Waals surface area contributed by atoms with Crippen molar-refractivity contribution in [3.63, 3.8) is 0 Å². The highest BCUT2D eigenvalue weighted by molar-refractivity contribution is 7.80. The lowest BCUT2D eigenvalue weighted by Crippen LogP contribution is -2.02. The molecule has 1 aromatic carbocycles. The highest BCUT2D eigenvalue weighted by atomic mass is 32.1. The topological polar surface area (TPSA) is 0 Å². The molecule has 0 amide bonds. The predicted octanol–water partition coefficient (Wildman–Crippen LogP) is 4.82. The van der Waals surface area contributed by atoms with Crippen LogP contribution >= 0.6 is 12.6 Å². The second kappa shape index (κ2) is 9.33. The first-order valence-corrected chi connectivity index (χ1v) is 5.91. The van der Waals surface area contributed by atoms with Crippen LogP contribution in [0.3, 0.4) is 0 Å². The van der Waals surface area contributed by atoms with Gasteiger partial charge in [0.15, 0.2) is 23.3 Å². The zero-order valence-electron chi connectivity index (χ0n) is 10.7. The molecule has 0 radical (unpaired) electrons. The van der Waals surface area contributed by atoms with Crippen LogP contribution in [0.4, 0.5) is 17.6 Å². The molecule has 0 aliphatic carbocycles. The van der Waals surface area contributed by atoms with Crippen LogP contribution in [-0.4, -0.2) is 5.75 Å². The number of halogens is 4. The molecule has 0 aliphatic heterocycles. The van der Waals surface area contributed by atoms with Crippen molar-refractivity contribution in [1.29, 1.82) is 0 Å². The van der Waals surface area contributed by atoms with Gasteiger partial charge >= 0.3 is 0 Å². The molecule has 0 unspecified atom stereocenters. The Hall–Kier alpha value is -0.710. The number of rotatable bonds is 0. The third kappa shape index (κ3) is 4.98. The number of thiol groups is 1. The van der Waals surface area contributed by atoms with Gasteiger partial charge in [0, 0.05) is 11.1 Å². The van der Waals surface area contributed by atoms with E-state index >= 15 is 0 Å². The molecule has 0 fully saturated rings. The molecule has 0 bridgehead atoms. The first kappa shape index (κ1) is 18.6. The summed E-state index contributed by atoms with van der Waals surface area (Å²) in [6.45, 7) is 7.95. The second-order valence-corrected chi connectivity index (χ2v) is 3.45. The van der Waals surface area contributed by atoms with E-state index in [0.29, 0.717) is 0 Å². The SMILES string of the molecule is CC.CCS.Cc1c(F)c(F)c(C)c(F)c1F. The Morgan fingerprint density at radius 3 is 1.00 bits per heavy atom. The molecule has 100 valence electrons. The van der Waals surface area contributed by atoms with E-state index in [1.807, 2.05) is 20.8 Å². The predicted molar refractivity (Wildman–Crippen MR) is 66.6 cm³/mol. The minimum absolute atomic E-state index is 0.629.